The topological polar surface area (TPSA) is 102 Å². The summed E-state index contributed by atoms with van der Waals surface area (Å²) in [6.07, 6.45) is 43.8. The third kappa shape index (κ3) is 39.3. The van der Waals surface area contributed by atoms with E-state index in [0.717, 1.165) is 51.4 Å². The van der Waals surface area contributed by atoms with E-state index in [4.69, 9.17) is 14.2 Å². The second-order valence-corrected chi connectivity index (χ2v) is 17.7. The third-order valence-corrected chi connectivity index (χ3v) is 11.2. The molecule has 0 radical (unpaired) electrons. The molecule has 8 nitrogen and oxygen atoms in total. The minimum Gasteiger partial charge on any atom is -0.544 e. The van der Waals surface area contributed by atoms with Gasteiger partial charge in [0.2, 0.25) is 0 Å². The molecule has 0 fully saturated rings. The number of carboxylic acid groups (broad SMARTS) is 1. The van der Waals surface area contributed by atoms with Crippen molar-refractivity contribution in [1.29, 1.82) is 0 Å². The second-order valence-electron chi connectivity index (χ2n) is 17.7. The maximum Gasteiger partial charge on any atom is 0.306 e. The Morgan fingerprint density at radius 3 is 1.26 bits per heavy atom. The van der Waals surface area contributed by atoms with Crippen LogP contribution in [0.4, 0.5) is 0 Å². The normalized spacial score (nSPS) is 12.9. The predicted octanol–water partition coefficient (Wildman–Crippen LogP) is 12.1. The number of quaternary nitrogens is 1. The average Bonchev–Trinajstić information content (AvgIpc) is 3.17. The van der Waals surface area contributed by atoms with E-state index in [2.05, 4.69) is 26.0 Å². The van der Waals surface area contributed by atoms with Gasteiger partial charge < -0.3 is 28.6 Å². The van der Waals surface area contributed by atoms with Crippen LogP contribution in [0, 0.1) is 0 Å². The number of likely N-dealkylation sites (N-methyl/N-ethyl adjacent to an activating group) is 1. The molecule has 57 heavy (non-hydrogen) atoms. The van der Waals surface area contributed by atoms with Crippen molar-refractivity contribution in [2.24, 2.45) is 0 Å². The van der Waals surface area contributed by atoms with Gasteiger partial charge in [0, 0.05) is 19.3 Å². The minimum atomic E-state index is -1.12. The number of hydrogen-bond acceptors (Lipinski definition) is 7. The number of allylic oxidation sites excluding steroid dienone is 2. The summed E-state index contributed by atoms with van der Waals surface area (Å²) in [7, 11) is 5.42. The number of ether oxygens (including phenoxy) is 3. The molecule has 0 aliphatic rings. The van der Waals surface area contributed by atoms with Crippen LogP contribution in [0.2, 0.25) is 0 Å². The summed E-state index contributed by atoms with van der Waals surface area (Å²) in [5.74, 6) is -1.73. The molecule has 0 bridgehead atoms. The van der Waals surface area contributed by atoms with Gasteiger partial charge in [0.25, 0.3) is 0 Å². The molecule has 0 aromatic carbocycles. The number of aliphatic carboxylic acids is 1. The molecular formula is C49H93NO7. The number of carboxylic acids is 1. The van der Waals surface area contributed by atoms with Crippen molar-refractivity contribution in [2.75, 3.05) is 41.0 Å². The molecule has 0 saturated carbocycles. The van der Waals surface area contributed by atoms with Gasteiger partial charge in [0.15, 0.2) is 6.10 Å². The molecule has 8 heteroatoms. The highest BCUT2D eigenvalue weighted by atomic mass is 16.6. The van der Waals surface area contributed by atoms with E-state index in [1.165, 1.54) is 148 Å². The fraction of sp³-hybridized carbons (Fsp3) is 0.898. The Morgan fingerprint density at radius 2 is 0.877 bits per heavy atom. The van der Waals surface area contributed by atoms with Gasteiger partial charge in [-0.2, -0.15) is 0 Å². The summed E-state index contributed by atoms with van der Waals surface area (Å²) >= 11 is 0. The first kappa shape index (κ1) is 55.1. The molecule has 0 aromatic heterocycles. The molecular weight excluding hydrogens is 715 g/mol. The smallest absolute Gasteiger partial charge is 0.306 e. The van der Waals surface area contributed by atoms with Crippen molar-refractivity contribution >= 4 is 17.9 Å². The molecule has 0 spiro atoms. The SMILES string of the molecule is CCCCCCC/C=C\CCCCCCCC(=O)OC(COCCC(C(=O)[O-])[N+](C)(C)C)COC(=O)CCCCCCCCCCCCCCCCCCCCC. The highest BCUT2D eigenvalue weighted by Crippen LogP contribution is 2.16. The second kappa shape index (κ2) is 40.8. The molecule has 0 aliphatic carbocycles. The maximum atomic E-state index is 12.7. The Balaban J connectivity index is 4.23. The summed E-state index contributed by atoms with van der Waals surface area (Å²) in [5, 5.41) is 11.6. The molecule has 0 aliphatic heterocycles. The fourth-order valence-electron chi connectivity index (χ4n) is 7.36. The van der Waals surface area contributed by atoms with E-state index in [1.54, 1.807) is 21.1 Å². The van der Waals surface area contributed by atoms with E-state index < -0.39 is 18.1 Å². The average molecular weight is 808 g/mol. The van der Waals surface area contributed by atoms with Crippen LogP contribution in [0.25, 0.3) is 0 Å². The monoisotopic (exact) mass is 808 g/mol. The molecule has 0 amide bonds. The number of nitrogens with zero attached hydrogens (tertiary/aromatic N) is 1. The summed E-state index contributed by atoms with van der Waals surface area (Å²) in [6, 6.07) is -0.723. The van der Waals surface area contributed by atoms with Gasteiger partial charge in [0.1, 0.15) is 12.6 Å². The van der Waals surface area contributed by atoms with Crippen LogP contribution in [-0.2, 0) is 28.6 Å². The summed E-state index contributed by atoms with van der Waals surface area (Å²) in [4.78, 5) is 36.9. The van der Waals surface area contributed by atoms with E-state index in [1.807, 2.05) is 0 Å². The molecule has 0 rings (SSSR count). The van der Waals surface area contributed by atoms with E-state index in [9.17, 15) is 19.5 Å². The number of unbranched alkanes of at least 4 members (excludes halogenated alkanes) is 28. The van der Waals surface area contributed by atoms with Crippen molar-refractivity contribution in [3.63, 3.8) is 0 Å². The zero-order valence-corrected chi connectivity index (χ0v) is 38.3. The van der Waals surface area contributed by atoms with Crippen LogP contribution in [0.15, 0.2) is 12.2 Å². The van der Waals surface area contributed by atoms with Crippen molar-refractivity contribution in [3.8, 4) is 0 Å². The molecule has 0 heterocycles. The Morgan fingerprint density at radius 1 is 0.509 bits per heavy atom. The van der Waals surface area contributed by atoms with Gasteiger partial charge >= 0.3 is 11.9 Å². The van der Waals surface area contributed by atoms with Gasteiger partial charge in [-0.05, 0) is 38.5 Å². The Bertz CT molecular complexity index is 947. The quantitative estimate of drug-likeness (QED) is 0.0261. The fourth-order valence-corrected chi connectivity index (χ4v) is 7.36. The summed E-state index contributed by atoms with van der Waals surface area (Å²) < 4.78 is 17.2. The van der Waals surface area contributed by atoms with Gasteiger partial charge in [-0.15, -0.1) is 0 Å². The van der Waals surface area contributed by atoms with Crippen LogP contribution < -0.4 is 5.11 Å². The van der Waals surface area contributed by atoms with Gasteiger partial charge in [-0.25, -0.2) is 0 Å². The van der Waals surface area contributed by atoms with E-state index in [0.29, 0.717) is 12.8 Å². The first-order chi connectivity index (χ1) is 27.6. The van der Waals surface area contributed by atoms with Gasteiger partial charge in [-0.3, -0.25) is 9.59 Å². The van der Waals surface area contributed by atoms with E-state index in [-0.39, 0.29) is 42.7 Å². The Labute approximate surface area is 352 Å². The predicted molar refractivity (Wildman–Crippen MR) is 236 cm³/mol. The summed E-state index contributed by atoms with van der Waals surface area (Å²) in [6.45, 7) is 4.68. The van der Waals surface area contributed by atoms with Crippen LogP contribution in [0.5, 0.6) is 0 Å². The van der Waals surface area contributed by atoms with Crippen LogP contribution >= 0.6 is 0 Å². The lowest BCUT2D eigenvalue weighted by Crippen LogP contribution is -2.55. The van der Waals surface area contributed by atoms with E-state index >= 15 is 0 Å². The minimum absolute atomic E-state index is 0.0431. The molecule has 2 atom stereocenters. The molecule has 0 N–H and O–H groups in total. The first-order valence-electron chi connectivity index (χ1n) is 24.2. The lowest BCUT2D eigenvalue weighted by Gasteiger charge is -2.34. The maximum absolute atomic E-state index is 12.7. The van der Waals surface area contributed by atoms with Crippen LogP contribution in [0.1, 0.15) is 232 Å². The third-order valence-electron chi connectivity index (χ3n) is 11.2. The zero-order valence-electron chi connectivity index (χ0n) is 38.3. The Hall–Kier alpha value is -1.93. The van der Waals surface area contributed by atoms with Crippen molar-refractivity contribution in [1.82, 2.24) is 0 Å². The van der Waals surface area contributed by atoms with Gasteiger partial charge in [-0.1, -0.05) is 187 Å². The highest BCUT2D eigenvalue weighted by molar-refractivity contribution is 5.70. The number of esters is 2. The molecule has 0 aromatic rings. The van der Waals surface area contributed by atoms with Crippen molar-refractivity contribution in [3.05, 3.63) is 12.2 Å². The number of carbonyl (C=O) groups excluding carboxylic acids is 3. The Kier molecular flexibility index (Phi) is 39.4. The number of carbonyl (C=O) groups is 3. The lowest BCUT2D eigenvalue weighted by atomic mass is 10.0. The zero-order chi connectivity index (χ0) is 42.1. The molecule has 2 unspecified atom stereocenters. The van der Waals surface area contributed by atoms with Gasteiger partial charge in [0.05, 0.1) is 40.3 Å². The van der Waals surface area contributed by atoms with Crippen molar-refractivity contribution < 1.29 is 38.2 Å². The highest BCUT2D eigenvalue weighted by Gasteiger charge is 2.25. The number of hydrogen-bond donors (Lipinski definition) is 0. The standard InChI is InChI=1S/C49H93NO7/c1-6-8-10-12-14-16-18-20-22-23-24-25-26-28-29-31-33-35-37-39-47(51)56-44-45(43-55-42-41-46(49(53)54)50(3,4)5)57-48(52)40-38-36-34-32-30-27-21-19-17-15-13-11-9-7-2/h19,21,45-46H,6-18,20,22-44H2,1-5H3/b21-19-. The molecule has 336 valence electrons. The number of rotatable bonds is 44. The van der Waals surface area contributed by atoms with Crippen LogP contribution in [-0.4, -0.2) is 75.5 Å². The lowest BCUT2D eigenvalue weighted by molar-refractivity contribution is -0.889. The summed E-state index contributed by atoms with van der Waals surface area (Å²) in [5.41, 5.74) is 0. The largest absolute Gasteiger partial charge is 0.544 e. The van der Waals surface area contributed by atoms with Crippen molar-refractivity contribution in [2.45, 2.75) is 244 Å². The first-order valence-corrected chi connectivity index (χ1v) is 24.2. The molecule has 0 saturated heterocycles. The van der Waals surface area contributed by atoms with Crippen LogP contribution in [0.3, 0.4) is 0 Å².